The number of rotatable bonds is 4. The van der Waals surface area contributed by atoms with E-state index in [1.54, 1.807) is 23.1 Å². The summed E-state index contributed by atoms with van der Waals surface area (Å²) in [5.41, 5.74) is 1.03. The highest BCUT2D eigenvalue weighted by atomic mass is 32.2. The predicted octanol–water partition coefficient (Wildman–Crippen LogP) is 2.07. The van der Waals surface area contributed by atoms with Crippen molar-refractivity contribution in [2.24, 2.45) is 0 Å². The average molecular weight is 268 g/mol. The van der Waals surface area contributed by atoms with Gasteiger partial charge in [-0.2, -0.15) is 23.1 Å². The van der Waals surface area contributed by atoms with Gasteiger partial charge in [0.05, 0.1) is 0 Å². The summed E-state index contributed by atoms with van der Waals surface area (Å²) < 4.78 is 0. The number of hydrogen-bond acceptors (Lipinski definition) is 4. The molecular formula is C12H16N2OS2. The van der Waals surface area contributed by atoms with E-state index in [0.29, 0.717) is 5.91 Å². The van der Waals surface area contributed by atoms with Crippen LogP contribution in [-0.4, -0.2) is 34.9 Å². The second kappa shape index (κ2) is 4.30. The van der Waals surface area contributed by atoms with Crippen LogP contribution in [0.5, 0.6) is 0 Å². The van der Waals surface area contributed by atoms with Gasteiger partial charge in [-0.3, -0.25) is 10.1 Å². The van der Waals surface area contributed by atoms with Crippen LogP contribution in [0.15, 0.2) is 16.8 Å². The fraction of sp³-hybridized carbons (Fsp3) is 0.583. The highest BCUT2D eigenvalue weighted by Gasteiger charge is 2.59. The predicted molar refractivity (Wildman–Crippen MR) is 72.3 cm³/mol. The van der Waals surface area contributed by atoms with E-state index in [0.717, 1.165) is 25.1 Å². The maximum Gasteiger partial charge on any atom is 0.244 e. The van der Waals surface area contributed by atoms with Gasteiger partial charge in [0.15, 0.2) is 0 Å². The maximum absolute atomic E-state index is 12.4. The SMILES string of the molecule is CSCCN1C(=O)C2(CC2)NC1c1ccsc1. The summed E-state index contributed by atoms with van der Waals surface area (Å²) in [4.78, 5) is 14.4. The van der Waals surface area contributed by atoms with Gasteiger partial charge in [-0.25, -0.2) is 0 Å². The fourth-order valence-corrected chi connectivity index (χ4v) is 3.45. The summed E-state index contributed by atoms with van der Waals surface area (Å²) in [6.07, 6.45) is 4.19. The molecule has 5 heteroatoms. The zero-order valence-electron chi connectivity index (χ0n) is 9.81. The molecular weight excluding hydrogens is 252 g/mol. The lowest BCUT2D eigenvalue weighted by Gasteiger charge is -2.23. The van der Waals surface area contributed by atoms with Crippen molar-refractivity contribution < 1.29 is 4.79 Å². The molecule has 0 radical (unpaired) electrons. The quantitative estimate of drug-likeness (QED) is 0.907. The van der Waals surface area contributed by atoms with Gasteiger partial charge < -0.3 is 4.90 Å². The van der Waals surface area contributed by atoms with Crippen LogP contribution in [-0.2, 0) is 4.79 Å². The Morgan fingerprint density at radius 1 is 1.65 bits per heavy atom. The average Bonchev–Trinajstić information content (AvgIpc) is 2.82. The van der Waals surface area contributed by atoms with E-state index >= 15 is 0 Å². The van der Waals surface area contributed by atoms with Crippen LogP contribution in [0, 0.1) is 0 Å². The molecule has 0 bridgehead atoms. The van der Waals surface area contributed by atoms with E-state index in [2.05, 4.69) is 28.4 Å². The van der Waals surface area contributed by atoms with E-state index in [1.165, 1.54) is 5.56 Å². The molecule has 2 aliphatic rings. The minimum absolute atomic E-state index is 0.100. The summed E-state index contributed by atoms with van der Waals surface area (Å²) in [7, 11) is 0. The lowest BCUT2D eigenvalue weighted by Crippen LogP contribution is -2.33. The molecule has 1 aromatic rings. The van der Waals surface area contributed by atoms with E-state index in [4.69, 9.17) is 0 Å². The van der Waals surface area contributed by atoms with Crippen LogP contribution in [0.2, 0.25) is 0 Å². The number of thiophene rings is 1. The standard InChI is InChI=1S/C12H16N2OS2/c1-16-7-5-14-10(9-2-6-17-8-9)13-12(3-4-12)11(14)15/h2,6,8,10,13H,3-5,7H2,1H3. The monoisotopic (exact) mass is 268 g/mol. The Labute approximate surface area is 110 Å². The first-order valence-corrected chi connectivity index (χ1v) is 8.20. The summed E-state index contributed by atoms with van der Waals surface area (Å²) >= 11 is 3.48. The second-order valence-electron chi connectivity index (χ2n) is 4.68. The molecule has 3 rings (SSSR count). The highest BCUT2D eigenvalue weighted by molar-refractivity contribution is 7.98. The third kappa shape index (κ3) is 1.90. The second-order valence-corrected chi connectivity index (χ2v) is 6.44. The smallest absolute Gasteiger partial charge is 0.244 e. The topological polar surface area (TPSA) is 32.3 Å². The summed E-state index contributed by atoms with van der Waals surface area (Å²) in [5, 5.41) is 7.74. The molecule has 1 spiro atoms. The largest absolute Gasteiger partial charge is 0.320 e. The Bertz CT molecular complexity index is 414. The van der Waals surface area contributed by atoms with Gasteiger partial charge in [0, 0.05) is 12.3 Å². The van der Waals surface area contributed by atoms with Gasteiger partial charge in [-0.05, 0) is 41.5 Å². The van der Waals surface area contributed by atoms with Gasteiger partial charge >= 0.3 is 0 Å². The first-order chi connectivity index (χ1) is 8.27. The molecule has 1 saturated heterocycles. The summed E-state index contributed by atoms with van der Waals surface area (Å²) in [6.45, 7) is 0.843. The molecule has 1 aliphatic heterocycles. The number of carbonyl (C=O) groups is 1. The fourth-order valence-electron chi connectivity index (χ4n) is 2.39. The van der Waals surface area contributed by atoms with Crippen molar-refractivity contribution >= 4 is 29.0 Å². The molecule has 1 aliphatic carbocycles. The van der Waals surface area contributed by atoms with Crippen molar-refractivity contribution in [2.75, 3.05) is 18.6 Å². The first-order valence-electron chi connectivity index (χ1n) is 5.87. The molecule has 1 saturated carbocycles. The minimum atomic E-state index is -0.203. The van der Waals surface area contributed by atoms with Crippen LogP contribution in [0.3, 0.4) is 0 Å². The van der Waals surface area contributed by atoms with Gasteiger partial charge in [0.1, 0.15) is 11.7 Å². The number of carbonyl (C=O) groups excluding carboxylic acids is 1. The Morgan fingerprint density at radius 3 is 3.06 bits per heavy atom. The van der Waals surface area contributed by atoms with Crippen molar-refractivity contribution in [1.82, 2.24) is 10.2 Å². The molecule has 2 fully saturated rings. The number of nitrogens with zero attached hydrogens (tertiary/aromatic N) is 1. The van der Waals surface area contributed by atoms with E-state index in [-0.39, 0.29) is 11.7 Å². The van der Waals surface area contributed by atoms with Crippen LogP contribution in [0.4, 0.5) is 0 Å². The molecule has 92 valence electrons. The van der Waals surface area contributed by atoms with E-state index in [9.17, 15) is 4.79 Å². The third-order valence-corrected chi connectivity index (χ3v) is 4.83. The zero-order chi connectivity index (χ0) is 11.9. The lowest BCUT2D eigenvalue weighted by molar-refractivity contribution is -0.130. The molecule has 17 heavy (non-hydrogen) atoms. The van der Waals surface area contributed by atoms with Crippen LogP contribution < -0.4 is 5.32 Å². The Balaban J connectivity index is 1.83. The van der Waals surface area contributed by atoms with Gasteiger partial charge in [-0.15, -0.1) is 0 Å². The Kier molecular flexibility index (Phi) is 2.92. The van der Waals surface area contributed by atoms with Crippen LogP contribution in [0.25, 0.3) is 0 Å². The molecule has 3 nitrogen and oxygen atoms in total. The number of amides is 1. The Hall–Kier alpha value is -0.520. The molecule has 1 aromatic heterocycles. The van der Waals surface area contributed by atoms with Crippen LogP contribution in [0.1, 0.15) is 24.6 Å². The first kappa shape index (κ1) is 11.6. The zero-order valence-corrected chi connectivity index (χ0v) is 11.4. The van der Waals surface area contributed by atoms with Crippen molar-refractivity contribution in [3.63, 3.8) is 0 Å². The van der Waals surface area contributed by atoms with Gasteiger partial charge in [-0.1, -0.05) is 0 Å². The summed E-state index contributed by atoms with van der Waals surface area (Å²) in [5.74, 6) is 1.31. The third-order valence-electron chi connectivity index (χ3n) is 3.54. The molecule has 2 heterocycles. The summed E-state index contributed by atoms with van der Waals surface area (Å²) in [6, 6.07) is 2.11. The Morgan fingerprint density at radius 2 is 2.47 bits per heavy atom. The van der Waals surface area contributed by atoms with Crippen molar-refractivity contribution in [1.29, 1.82) is 0 Å². The number of hydrogen-bond donors (Lipinski definition) is 1. The van der Waals surface area contributed by atoms with Gasteiger partial charge in [0.25, 0.3) is 0 Å². The van der Waals surface area contributed by atoms with Crippen molar-refractivity contribution in [2.45, 2.75) is 24.5 Å². The van der Waals surface area contributed by atoms with Gasteiger partial charge in [0.2, 0.25) is 5.91 Å². The number of thioether (sulfide) groups is 1. The molecule has 1 unspecified atom stereocenters. The lowest BCUT2D eigenvalue weighted by atomic mass is 10.2. The molecule has 0 aromatic carbocycles. The highest BCUT2D eigenvalue weighted by Crippen LogP contribution is 2.46. The van der Waals surface area contributed by atoms with Crippen LogP contribution >= 0.6 is 23.1 Å². The molecule has 1 atom stereocenters. The van der Waals surface area contributed by atoms with Crippen molar-refractivity contribution in [3.05, 3.63) is 22.4 Å². The van der Waals surface area contributed by atoms with Crippen molar-refractivity contribution in [3.8, 4) is 0 Å². The number of nitrogens with one attached hydrogen (secondary N) is 1. The van der Waals surface area contributed by atoms with E-state index in [1.807, 2.05) is 4.90 Å². The maximum atomic E-state index is 12.4. The molecule has 1 N–H and O–H groups in total. The normalized spacial score (nSPS) is 25.8. The molecule has 1 amide bonds. The van der Waals surface area contributed by atoms with E-state index < -0.39 is 0 Å². The minimum Gasteiger partial charge on any atom is -0.320 e.